The molecule has 0 aliphatic rings. The number of nitrogens with zero attached hydrogens (tertiary/aromatic N) is 1. The van der Waals surface area contributed by atoms with Gasteiger partial charge in [-0.25, -0.2) is 0 Å². The monoisotopic (exact) mass is 285 g/mol. The molecular weight excluding hydrogens is 266 g/mol. The summed E-state index contributed by atoms with van der Waals surface area (Å²) in [5.41, 5.74) is 0. The van der Waals surface area contributed by atoms with Crippen LogP contribution in [0.5, 0.6) is 5.75 Å². The van der Waals surface area contributed by atoms with E-state index in [2.05, 4.69) is 0 Å². The number of benzene rings is 1. The van der Waals surface area contributed by atoms with Crippen LogP contribution in [0, 0.1) is 0 Å². The van der Waals surface area contributed by atoms with Gasteiger partial charge in [-0.1, -0.05) is 24.6 Å². The topological polar surface area (TPSA) is 49.8 Å². The van der Waals surface area contributed by atoms with Gasteiger partial charge < -0.3 is 14.7 Å². The number of hydrogen-bond acceptors (Lipinski definition) is 3. The van der Waals surface area contributed by atoms with E-state index in [0.29, 0.717) is 36.9 Å². The molecule has 106 valence electrons. The third kappa shape index (κ3) is 5.94. The number of ether oxygens (including phenoxy) is 1. The lowest BCUT2D eigenvalue weighted by molar-refractivity contribution is -0.132. The average Bonchev–Trinajstić information content (AvgIpc) is 2.38. The minimum absolute atomic E-state index is 0.00192. The summed E-state index contributed by atoms with van der Waals surface area (Å²) in [6.07, 6.45) is 1.17. The number of carbonyl (C=O) groups is 1. The molecule has 0 spiro atoms. The van der Waals surface area contributed by atoms with Gasteiger partial charge in [-0.3, -0.25) is 4.79 Å². The fourth-order valence-corrected chi connectivity index (χ4v) is 1.90. The minimum atomic E-state index is -0.0130. The Kier molecular flexibility index (Phi) is 7.30. The summed E-state index contributed by atoms with van der Waals surface area (Å²) in [4.78, 5) is 13.5. The quantitative estimate of drug-likeness (QED) is 0.797. The van der Waals surface area contributed by atoms with Crippen LogP contribution in [0.4, 0.5) is 0 Å². The van der Waals surface area contributed by atoms with Gasteiger partial charge in [0.25, 0.3) is 0 Å². The van der Waals surface area contributed by atoms with Crippen LogP contribution in [0.25, 0.3) is 0 Å². The van der Waals surface area contributed by atoms with Gasteiger partial charge in [-0.2, -0.15) is 0 Å². The van der Waals surface area contributed by atoms with Crippen LogP contribution < -0.4 is 4.74 Å². The molecule has 0 atom stereocenters. The first-order chi connectivity index (χ1) is 9.17. The normalized spacial score (nSPS) is 10.3. The van der Waals surface area contributed by atoms with E-state index in [4.69, 9.17) is 21.4 Å². The zero-order valence-corrected chi connectivity index (χ0v) is 11.9. The largest absolute Gasteiger partial charge is 0.493 e. The number of hydrogen-bond donors (Lipinski definition) is 1. The first kappa shape index (κ1) is 15.8. The Morgan fingerprint density at radius 1 is 1.42 bits per heavy atom. The van der Waals surface area contributed by atoms with Crippen molar-refractivity contribution in [3.05, 3.63) is 29.3 Å². The number of aliphatic hydroxyl groups is 1. The maximum atomic E-state index is 11.9. The van der Waals surface area contributed by atoms with Crippen molar-refractivity contribution in [1.29, 1.82) is 0 Å². The van der Waals surface area contributed by atoms with Crippen LogP contribution in [0.2, 0.25) is 5.02 Å². The van der Waals surface area contributed by atoms with Crippen molar-refractivity contribution in [3.63, 3.8) is 0 Å². The van der Waals surface area contributed by atoms with Gasteiger partial charge in [-0.15, -0.1) is 0 Å². The van der Waals surface area contributed by atoms with Gasteiger partial charge in [0, 0.05) is 18.1 Å². The Bertz CT molecular complexity index is 392. The van der Waals surface area contributed by atoms with Gasteiger partial charge in [-0.05, 0) is 24.6 Å². The second kappa shape index (κ2) is 8.77. The maximum Gasteiger partial charge on any atom is 0.226 e. The van der Waals surface area contributed by atoms with Crippen molar-refractivity contribution in [1.82, 2.24) is 4.90 Å². The number of carbonyl (C=O) groups excluding carboxylic acids is 1. The van der Waals surface area contributed by atoms with E-state index >= 15 is 0 Å². The molecule has 1 aromatic rings. The first-order valence-electron chi connectivity index (χ1n) is 6.44. The molecular formula is C14H20ClNO3. The summed E-state index contributed by atoms with van der Waals surface area (Å²) in [5.74, 6) is 0.655. The summed E-state index contributed by atoms with van der Waals surface area (Å²) in [5, 5.41) is 9.51. The summed E-state index contributed by atoms with van der Waals surface area (Å²) in [6, 6.07) is 7.08. The van der Waals surface area contributed by atoms with Crippen molar-refractivity contribution in [2.75, 3.05) is 26.3 Å². The van der Waals surface area contributed by atoms with Crippen molar-refractivity contribution < 1.29 is 14.6 Å². The maximum absolute atomic E-state index is 11.9. The van der Waals surface area contributed by atoms with E-state index in [0.717, 1.165) is 6.42 Å². The fourth-order valence-electron chi connectivity index (χ4n) is 1.72. The third-order valence-electron chi connectivity index (χ3n) is 2.60. The lowest BCUT2D eigenvalue weighted by Gasteiger charge is -2.21. The first-order valence-corrected chi connectivity index (χ1v) is 6.82. The molecule has 0 saturated carbocycles. The molecule has 0 saturated heterocycles. The standard InChI is InChI=1S/C14H20ClNO3/c1-2-7-16(8-9-17)14(18)6-10-19-13-5-3-4-12(15)11-13/h3-5,11,17H,2,6-10H2,1H3. The lowest BCUT2D eigenvalue weighted by Crippen LogP contribution is -2.35. The summed E-state index contributed by atoms with van der Waals surface area (Å²) < 4.78 is 5.47. The minimum Gasteiger partial charge on any atom is -0.493 e. The highest BCUT2D eigenvalue weighted by Crippen LogP contribution is 2.17. The Morgan fingerprint density at radius 3 is 2.84 bits per heavy atom. The average molecular weight is 286 g/mol. The van der Waals surface area contributed by atoms with Crippen LogP contribution in [-0.2, 0) is 4.79 Å². The molecule has 19 heavy (non-hydrogen) atoms. The van der Waals surface area contributed by atoms with Crippen molar-refractivity contribution in [2.24, 2.45) is 0 Å². The van der Waals surface area contributed by atoms with E-state index in [9.17, 15) is 4.79 Å². The van der Waals surface area contributed by atoms with Crippen LogP contribution in [0.1, 0.15) is 19.8 Å². The number of aliphatic hydroxyl groups excluding tert-OH is 1. The zero-order valence-electron chi connectivity index (χ0n) is 11.1. The summed E-state index contributed by atoms with van der Waals surface area (Å²) in [7, 11) is 0. The molecule has 0 aromatic heterocycles. The highest BCUT2D eigenvalue weighted by Gasteiger charge is 2.11. The van der Waals surface area contributed by atoms with Crippen molar-refractivity contribution >= 4 is 17.5 Å². The van der Waals surface area contributed by atoms with Crippen molar-refractivity contribution in [2.45, 2.75) is 19.8 Å². The van der Waals surface area contributed by atoms with Gasteiger partial charge >= 0.3 is 0 Å². The van der Waals surface area contributed by atoms with Gasteiger partial charge in [0.1, 0.15) is 5.75 Å². The highest BCUT2D eigenvalue weighted by atomic mass is 35.5. The van der Waals surface area contributed by atoms with Gasteiger partial charge in [0.2, 0.25) is 5.91 Å². The third-order valence-corrected chi connectivity index (χ3v) is 2.83. The Hall–Kier alpha value is -1.26. The molecule has 0 fully saturated rings. The van der Waals surface area contributed by atoms with Gasteiger partial charge in [0.05, 0.1) is 19.6 Å². The smallest absolute Gasteiger partial charge is 0.226 e. The van der Waals surface area contributed by atoms with Crippen molar-refractivity contribution in [3.8, 4) is 5.75 Å². The molecule has 0 bridgehead atoms. The molecule has 1 rings (SSSR count). The van der Waals surface area contributed by atoms with Crippen LogP contribution in [0.3, 0.4) is 0 Å². The molecule has 0 aliphatic heterocycles. The Labute approximate surface area is 118 Å². The molecule has 1 N–H and O–H groups in total. The number of amides is 1. The molecule has 0 unspecified atom stereocenters. The van der Waals surface area contributed by atoms with Gasteiger partial charge in [0.15, 0.2) is 0 Å². The van der Waals surface area contributed by atoms with E-state index in [-0.39, 0.29) is 12.5 Å². The molecule has 1 amide bonds. The molecule has 1 aromatic carbocycles. The summed E-state index contributed by atoms with van der Waals surface area (Å²) >= 11 is 5.84. The zero-order chi connectivity index (χ0) is 14.1. The number of halogens is 1. The number of rotatable bonds is 8. The molecule has 4 nitrogen and oxygen atoms in total. The SMILES string of the molecule is CCCN(CCO)C(=O)CCOc1cccc(Cl)c1. The second-order valence-electron chi connectivity index (χ2n) is 4.16. The highest BCUT2D eigenvalue weighted by molar-refractivity contribution is 6.30. The Balaban J connectivity index is 2.36. The predicted octanol–water partition coefficient (Wildman–Crippen LogP) is 2.34. The molecule has 0 radical (unpaired) electrons. The molecule has 0 aliphatic carbocycles. The second-order valence-corrected chi connectivity index (χ2v) is 4.60. The van der Waals surface area contributed by atoms with Crippen LogP contribution in [0.15, 0.2) is 24.3 Å². The molecule has 5 heteroatoms. The lowest BCUT2D eigenvalue weighted by atomic mass is 10.3. The van der Waals surface area contributed by atoms with Crippen LogP contribution in [-0.4, -0.2) is 42.2 Å². The van der Waals surface area contributed by atoms with Crippen LogP contribution >= 0.6 is 11.6 Å². The van der Waals surface area contributed by atoms with E-state index in [1.165, 1.54) is 0 Å². The summed E-state index contributed by atoms with van der Waals surface area (Å²) in [6.45, 7) is 3.34. The Morgan fingerprint density at radius 2 is 2.21 bits per heavy atom. The van der Waals surface area contributed by atoms with E-state index in [1.54, 1.807) is 29.2 Å². The molecule has 0 heterocycles. The fraction of sp³-hybridized carbons (Fsp3) is 0.500. The van der Waals surface area contributed by atoms with E-state index < -0.39 is 0 Å². The van der Waals surface area contributed by atoms with E-state index in [1.807, 2.05) is 6.92 Å². The predicted molar refractivity (Wildman–Crippen MR) is 75.5 cm³/mol.